The summed E-state index contributed by atoms with van der Waals surface area (Å²) in [6, 6.07) is -0.0460. The highest BCUT2D eigenvalue weighted by atomic mass is 16.5. The summed E-state index contributed by atoms with van der Waals surface area (Å²) in [5, 5.41) is 0. The number of aryl methyl sites for hydroxylation is 1. The van der Waals surface area contributed by atoms with E-state index in [1.54, 1.807) is 29.0 Å². The fraction of sp³-hybridized carbons (Fsp3) is 0.600. The van der Waals surface area contributed by atoms with Gasteiger partial charge in [-0.2, -0.15) is 4.57 Å². The van der Waals surface area contributed by atoms with Crippen LogP contribution in [0.4, 0.5) is 4.79 Å². The van der Waals surface area contributed by atoms with Crippen LogP contribution in [0.5, 0.6) is 0 Å². The summed E-state index contributed by atoms with van der Waals surface area (Å²) in [6.07, 6.45) is 5.30. The van der Waals surface area contributed by atoms with E-state index in [1.807, 2.05) is 24.7 Å². The monoisotopic (exact) mass is 212 g/mol. The number of likely N-dealkylation sites (N-methyl/N-ethyl adjacent to an activating group) is 1. The molecule has 1 heterocycles. The van der Waals surface area contributed by atoms with Crippen LogP contribution >= 0.6 is 0 Å². The highest BCUT2D eigenvalue weighted by molar-refractivity contribution is 5.76. The maximum absolute atomic E-state index is 11.8. The van der Waals surface area contributed by atoms with E-state index in [1.165, 1.54) is 0 Å². The number of carbonyl (C=O) groups excluding carboxylic acids is 1. The zero-order chi connectivity index (χ0) is 11.3. The molecule has 0 aliphatic carbocycles. The summed E-state index contributed by atoms with van der Waals surface area (Å²) in [5.41, 5.74) is 0. The predicted molar refractivity (Wildman–Crippen MR) is 55.5 cm³/mol. The number of rotatable bonds is 4. The van der Waals surface area contributed by atoms with E-state index in [0.717, 1.165) is 0 Å². The van der Waals surface area contributed by atoms with E-state index >= 15 is 0 Å². The van der Waals surface area contributed by atoms with Crippen LogP contribution in [0.25, 0.3) is 0 Å². The fourth-order valence-corrected chi connectivity index (χ4v) is 1.20. The lowest BCUT2D eigenvalue weighted by Gasteiger charge is -2.13. The van der Waals surface area contributed by atoms with Crippen molar-refractivity contribution in [3.63, 3.8) is 0 Å². The maximum atomic E-state index is 11.8. The van der Waals surface area contributed by atoms with Crippen molar-refractivity contribution in [3.05, 3.63) is 18.7 Å². The van der Waals surface area contributed by atoms with Gasteiger partial charge in [0.05, 0.1) is 13.7 Å². The first kappa shape index (κ1) is 11.7. The summed E-state index contributed by atoms with van der Waals surface area (Å²) in [7, 11) is 3.64. The Morgan fingerprint density at radius 1 is 1.60 bits per heavy atom. The van der Waals surface area contributed by atoms with Crippen molar-refractivity contribution in [1.82, 2.24) is 9.47 Å². The molecule has 0 fully saturated rings. The number of hydrogen-bond donors (Lipinski definition) is 0. The van der Waals surface area contributed by atoms with Crippen molar-refractivity contribution in [3.8, 4) is 0 Å². The van der Waals surface area contributed by atoms with Gasteiger partial charge >= 0.3 is 6.03 Å². The molecule has 1 rings (SSSR count). The van der Waals surface area contributed by atoms with Crippen molar-refractivity contribution < 1.29 is 14.1 Å². The third-order valence-electron chi connectivity index (χ3n) is 2.09. The molecular formula is C10H18N3O2+. The molecule has 0 radical (unpaired) electrons. The Kier molecular flexibility index (Phi) is 4.30. The van der Waals surface area contributed by atoms with E-state index in [-0.39, 0.29) is 6.03 Å². The van der Waals surface area contributed by atoms with Crippen LogP contribution in [0.2, 0.25) is 0 Å². The minimum absolute atomic E-state index is 0.0460. The molecule has 0 aliphatic heterocycles. The number of amides is 1. The maximum Gasteiger partial charge on any atom is 0.415 e. The Balaban J connectivity index is 2.46. The molecule has 0 saturated heterocycles. The van der Waals surface area contributed by atoms with Crippen LogP contribution < -0.4 is 4.57 Å². The van der Waals surface area contributed by atoms with Crippen molar-refractivity contribution in [1.29, 1.82) is 0 Å². The minimum atomic E-state index is -0.0460. The van der Waals surface area contributed by atoms with Crippen LogP contribution in [0.15, 0.2) is 18.7 Å². The largest absolute Gasteiger partial charge is 0.415 e. The van der Waals surface area contributed by atoms with E-state index < -0.39 is 0 Å². The Hall–Kier alpha value is -1.36. The van der Waals surface area contributed by atoms with E-state index in [9.17, 15) is 4.79 Å². The van der Waals surface area contributed by atoms with Crippen molar-refractivity contribution in [2.24, 2.45) is 7.05 Å². The zero-order valence-corrected chi connectivity index (χ0v) is 9.51. The van der Waals surface area contributed by atoms with E-state index in [2.05, 4.69) is 0 Å². The summed E-state index contributed by atoms with van der Waals surface area (Å²) < 4.78 is 8.56. The van der Waals surface area contributed by atoms with Gasteiger partial charge in [-0.3, -0.25) is 0 Å². The highest BCUT2D eigenvalue weighted by Crippen LogP contribution is 1.92. The third kappa shape index (κ3) is 3.36. The van der Waals surface area contributed by atoms with Gasteiger partial charge in [0.25, 0.3) is 6.33 Å². The second kappa shape index (κ2) is 5.50. The van der Waals surface area contributed by atoms with Gasteiger partial charge in [-0.15, -0.1) is 0 Å². The smallest absolute Gasteiger partial charge is 0.380 e. The molecule has 84 valence electrons. The van der Waals surface area contributed by atoms with E-state index in [0.29, 0.717) is 19.8 Å². The third-order valence-corrected chi connectivity index (χ3v) is 2.09. The first-order valence-corrected chi connectivity index (χ1v) is 5.01. The number of ether oxygens (including phenoxy) is 1. The van der Waals surface area contributed by atoms with Crippen LogP contribution in [0.1, 0.15) is 6.92 Å². The average Bonchev–Trinajstić information content (AvgIpc) is 2.64. The van der Waals surface area contributed by atoms with Gasteiger partial charge in [0, 0.05) is 20.2 Å². The average molecular weight is 212 g/mol. The molecule has 0 aromatic carbocycles. The molecule has 0 spiro atoms. The van der Waals surface area contributed by atoms with Gasteiger partial charge in [-0.1, -0.05) is 0 Å². The molecule has 15 heavy (non-hydrogen) atoms. The summed E-state index contributed by atoms with van der Waals surface area (Å²) in [4.78, 5) is 13.4. The molecule has 0 aliphatic rings. The summed E-state index contributed by atoms with van der Waals surface area (Å²) in [5.74, 6) is 0. The zero-order valence-electron chi connectivity index (χ0n) is 9.51. The Bertz CT molecular complexity index is 322. The molecule has 1 aromatic heterocycles. The molecule has 0 saturated carbocycles. The van der Waals surface area contributed by atoms with Crippen LogP contribution in [-0.2, 0) is 11.8 Å². The molecule has 0 N–H and O–H groups in total. The van der Waals surface area contributed by atoms with Crippen LogP contribution in [0.3, 0.4) is 0 Å². The predicted octanol–water partition coefficient (Wildman–Crippen LogP) is 0.249. The van der Waals surface area contributed by atoms with Crippen molar-refractivity contribution in [2.45, 2.75) is 6.92 Å². The minimum Gasteiger partial charge on any atom is -0.380 e. The van der Waals surface area contributed by atoms with Crippen LogP contribution in [0, 0.1) is 0 Å². The first-order chi connectivity index (χ1) is 7.15. The standard InChI is InChI=1S/C10H18N3O2/c1-4-15-8-7-12(3)10(14)13-6-5-11(2)9-13/h5-6,9H,4,7-8H2,1-3H3/q+1. The summed E-state index contributed by atoms with van der Waals surface area (Å²) in [6.45, 7) is 3.80. The van der Waals surface area contributed by atoms with Gasteiger partial charge in [0.2, 0.25) is 0 Å². The van der Waals surface area contributed by atoms with Gasteiger partial charge in [0.1, 0.15) is 12.4 Å². The second-order valence-electron chi connectivity index (χ2n) is 3.39. The normalized spacial score (nSPS) is 10.3. The van der Waals surface area contributed by atoms with Crippen molar-refractivity contribution in [2.75, 3.05) is 26.8 Å². The number of nitrogens with zero attached hydrogens (tertiary/aromatic N) is 3. The molecule has 0 bridgehead atoms. The van der Waals surface area contributed by atoms with E-state index in [4.69, 9.17) is 4.74 Å². The SMILES string of the molecule is CCOCCN(C)C(=O)n1cc[n+](C)c1. The number of aromatic nitrogens is 2. The molecule has 5 heteroatoms. The molecular weight excluding hydrogens is 194 g/mol. The second-order valence-corrected chi connectivity index (χ2v) is 3.39. The fourth-order valence-electron chi connectivity index (χ4n) is 1.20. The summed E-state index contributed by atoms with van der Waals surface area (Å²) >= 11 is 0. The Labute approximate surface area is 89.9 Å². The van der Waals surface area contributed by atoms with Crippen molar-refractivity contribution >= 4 is 6.03 Å². The van der Waals surface area contributed by atoms with Gasteiger partial charge in [-0.05, 0) is 6.92 Å². The lowest BCUT2D eigenvalue weighted by molar-refractivity contribution is -0.670. The first-order valence-electron chi connectivity index (χ1n) is 5.01. The lowest BCUT2D eigenvalue weighted by Crippen LogP contribution is -2.34. The van der Waals surface area contributed by atoms with Gasteiger partial charge in [0.15, 0.2) is 0 Å². The number of imidazole rings is 1. The molecule has 0 atom stereocenters. The number of carbonyl (C=O) groups is 1. The lowest BCUT2D eigenvalue weighted by atomic mass is 10.6. The molecule has 0 unspecified atom stereocenters. The Morgan fingerprint density at radius 2 is 2.33 bits per heavy atom. The van der Waals surface area contributed by atoms with Gasteiger partial charge in [-0.25, -0.2) is 9.36 Å². The topological polar surface area (TPSA) is 38.4 Å². The molecule has 1 amide bonds. The molecule has 1 aromatic rings. The van der Waals surface area contributed by atoms with Gasteiger partial charge < -0.3 is 9.64 Å². The highest BCUT2D eigenvalue weighted by Gasteiger charge is 2.16. The quantitative estimate of drug-likeness (QED) is 0.530. The Morgan fingerprint density at radius 3 is 2.87 bits per heavy atom. The van der Waals surface area contributed by atoms with Crippen LogP contribution in [-0.4, -0.2) is 42.3 Å². The molecule has 5 nitrogen and oxygen atoms in total. The number of hydrogen-bond acceptors (Lipinski definition) is 2.